The van der Waals surface area contributed by atoms with Gasteiger partial charge in [-0.15, -0.1) is 0 Å². The van der Waals surface area contributed by atoms with Crippen molar-refractivity contribution in [3.8, 4) is 5.75 Å². The Morgan fingerprint density at radius 2 is 2.12 bits per heavy atom. The third kappa shape index (κ3) is 3.83. The van der Waals surface area contributed by atoms with E-state index in [-0.39, 0.29) is 18.6 Å². The van der Waals surface area contributed by atoms with Gasteiger partial charge in [-0.25, -0.2) is 0 Å². The lowest BCUT2D eigenvalue weighted by Gasteiger charge is -2.17. The number of hydrogen-bond donors (Lipinski definition) is 2. The van der Waals surface area contributed by atoms with Crippen LogP contribution in [0.5, 0.6) is 5.75 Å². The van der Waals surface area contributed by atoms with Gasteiger partial charge in [0.1, 0.15) is 5.75 Å². The molecule has 0 radical (unpaired) electrons. The summed E-state index contributed by atoms with van der Waals surface area (Å²) in [5, 5.41) is 12.3. The second-order valence-electron chi connectivity index (χ2n) is 4.19. The number of methoxy groups -OCH3 is 1. The molecule has 1 rings (SSSR count). The summed E-state index contributed by atoms with van der Waals surface area (Å²) in [6.45, 7) is 5.16. The molecule has 0 amide bonds. The standard InChI is InChI=1S/C13H21NO2/c1-10(9-15)8-14-11(2)12-5-4-6-13(7-12)16-3/h4-7,10-11,14-15H,8-9H2,1-3H3/t10?,11-/m1/s1. The molecule has 16 heavy (non-hydrogen) atoms. The van der Waals surface area contributed by atoms with Gasteiger partial charge in [-0.3, -0.25) is 0 Å². The molecule has 0 spiro atoms. The number of aliphatic hydroxyl groups excluding tert-OH is 1. The first kappa shape index (κ1) is 13.0. The lowest BCUT2D eigenvalue weighted by molar-refractivity contribution is 0.231. The number of aliphatic hydroxyl groups is 1. The van der Waals surface area contributed by atoms with E-state index in [1.165, 1.54) is 5.56 Å². The van der Waals surface area contributed by atoms with Gasteiger partial charge in [0.05, 0.1) is 7.11 Å². The summed E-state index contributed by atoms with van der Waals surface area (Å²) < 4.78 is 5.18. The Morgan fingerprint density at radius 1 is 1.38 bits per heavy atom. The van der Waals surface area contributed by atoms with Crippen LogP contribution in [0.15, 0.2) is 24.3 Å². The summed E-state index contributed by atoms with van der Waals surface area (Å²) in [5.41, 5.74) is 1.20. The second-order valence-corrected chi connectivity index (χ2v) is 4.19. The van der Waals surface area contributed by atoms with Crippen molar-refractivity contribution in [1.82, 2.24) is 5.32 Å². The largest absolute Gasteiger partial charge is 0.497 e. The Bertz CT molecular complexity index is 315. The molecule has 0 saturated carbocycles. The zero-order chi connectivity index (χ0) is 12.0. The van der Waals surface area contributed by atoms with Gasteiger partial charge < -0.3 is 15.2 Å². The summed E-state index contributed by atoms with van der Waals surface area (Å²) in [5.74, 6) is 1.16. The van der Waals surface area contributed by atoms with E-state index < -0.39 is 0 Å². The van der Waals surface area contributed by atoms with E-state index in [2.05, 4.69) is 18.3 Å². The van der Waals surface area contributed by atoms with Crippen molar-refractivity contribution in [1.29, 1.82) is 0 Å². The van der Waals surface area contributed by atoms with Crippen molar-refractivity contribution in [3.05, 3.63) is 29.8 Å². The van der Waals surface area contributed by atoms with Crippen LogP contribution in [0, 0.1) is 5.92 Å². The third-order valence-corrected chi connectivity index (χ3v) is 2.68. The fourth-order valence-electron chi connectivity index (χ4n) is 1.47. The van der Waals surface area contributed by atoms with Crippen LogP contribution in [0.2, 0.25) is 0 Å². The molecule has 1 aromatic rings. The van der Waals surface area contributed by atoms with Gasteiger partial charge in [0.2, 0.25) is 0 Å². The van der Waals surface area contributed by atoms with Crippen molar-refractivity contribution < 1.29 is 9.84 Å². The van der Waals surface area contributed by atoms with E-state index in [0.717, 1.165) is 12.3 Å². The quantitative estimate of drug-likeness (QED) is 0.774. The molecule has 3 nitrogen and oxygen atoms in total. The van der Waals surface area contributed by atoms with Crippen LogP contribution in [0.3, 0.4) is 0 Å². The minimum absolute atomic E-state index is 0.220. The summed E-state index contributed by atoms with van der Waals surface area (Å²) >= 11 is 0. The molecular weight excluding hydrogens is 202 g/mol. The molecule has 0 aliphatic carbocycles. The molecule has 3 heteroatoms. The number of benzene rings is 1. The Morgan fingerprint density at radius 3 is 2.75 bits per heavy atom. The summed E-state index contributed by atoms with van der Waals surface area (Å²) in [4.78, 5) is 0. The molecular formula is C13H21NO2. The molecule has 2 atom stereocenters. The van der Waals surface area contributed by atoms with E-state index in [1.54, 1.807) is 7.11 Å². The average molecular weight is 223 g/mol. The van der Waals surface area contributed by atoms with Crippen LogP contribution < -0.4 is 10.1 Å². The summed E-state index contributed by atoms with van der Waals surface area (Å²) in [6, 6.07) is 8.29. The van der Waals surface area contributed by atoms with Crippen LogP contribution in [0.4, 0.5) is 0 Å². The smallest absolute Gasteiger partial charge is 0.119 e. The molecule has 90 valence electrons. The van der Waals surface area contributed by atoms with E-state index >= 15 is 0 Å². The monoisotopic (exact) mass is 223 g/mol. The molecule has 0 aliphatic rings. The Labute approximate surface area is 97.4 Å². The van der Waals surface area contributed by atoms with E-state index in [9.17, 15) is 0 Å². The summed E-state index contributed by atoms with van der Waals surface area (Å²) in [7, 11) is 1.67. The van der Waals surface area contributed by atoms with Gasteiger partial charge in [0, 0.05) is 19.2 Å². The van der Waals surface area contributed by atoms with Gasteiger partial charge in [-0.05, 0) is 30.5 Å². The van der Waals surface area contributed by atoms with Crippen LogP contribution in [0.25, 0.3) is 0 Å². The van der Waals surface area contributed by atoms with E-state index in [4.69, 9.17) is 9.84 Å². The van der Waals surface area contributed by atoms with Crippen LogP contribution in [-0.2, 0) is 0 Å². The number of ether oxygens (including phenoxy) is 1. The highest BCUT2D eigenvalue weighted by atomic mass is 16.5. The normalized spacial score (nSPS) is 14.5. The predicted molar refractivity (Wildman–Crippen MR) is 65.7 cm³/mol. The van der Waals surface area contributed by atoms with Crippen molar-refractivity contribution in [2.24, 2.45) is 5.92 Å². The minimum atomic E-state index is 0.220. The highest BCUT2D eigenvalue weighted by Gasteiger charge is 2.07. The van der Waals surface area contributed by atoms with Crippen molar-refractivity contribution in [2.75, 3.05) is 20.3 Å². The molecule has 1 aromatic carbocycles. The first-order valence-corrected chi connectivity index (χ1v) is 5.65. The Hall–Kier alpha value is -1.06. The second kappa shape index (κ2) is 6.51. The Balaban J connectivity index is 2.54. The molecule has 0 heterocycles. The predicted octanol–water partition coefficient (Wildman–Crippen LogP) is 1.97. The van der Waals surface area contributed by atoms with Crippen LogP contribution >= 0.6 is 0 Å². The maximum atomic E-state index is 8.94. The van der Waals surface area contributed by atoms with Crippen molar-refractivity contribution in [3.63, 3.8) is 0 Å². The lowest BCUT2D eigenvalue weighted by Crippen LogP contribution is -2.26. The minimum Gasteiger partial charge on any atom is -0.497 e. The zero-order valence-electron chi connectivity index (χ0n) is 10.2. The SMILES string of the molecule is COc1cccc([C@@H](C)NCC(C)CO)c1. The lowest BCUT2D eigenvalue weighted by atomic mass is 10.1. The molecule has 0 aromatic heterocycles. The summed E-state index contributed by atoms with van der Waals surface area (Å²) in [6.07, 6.45) is 0. The molecule has 0 bridgehead atoms. The molecule has 1 unspecified atom stereocenters. The van der Waals surface area contributed by atoms with E-state index in [1.807, 2.05) is 25.1 Å². The van der Waals surface area contributed by atoms with Crippen LogP contribution in [-0.4, -0.2) is 25.4 Å². The van der Waals surface area contributed by atoms with Crippen molar-refractivity contribution in [2.45, 2.75) is 19.9 Å². The maximum Gasteiger partial charge on any atom is 0.119 e. The Kier molecular flexibility index (Phi) is 5.29. The first-order valence-electron chi connectivity index (χ1n) is 5.65. The molecule has 2 N–H and O–H groups in total. The van der Waals surface area contributed by atoms with Gasteiger partial charge in [-0.2, -0.15) is 0 Å². The number of rotatable bonds is 6. The fraction of sp³-hybridized carbons (Fsp3) is 0.538. The van der Waals surface area contributed by atoms with Crippen molar-refractivity contribution >= 4 is 0 Å². The zero-order valence-corrected chi connectivity index (χ0v) is 10.2. The first-order chi connectivity index (χ1) is 7.67. The molecule has 0 fully saturated rings. The number of hydrogen-bond acceptors (Lipinski definition) is 3. The van der Waals surface area contributed by atoms with Gasteiger partial charge >= 0.3 is 0 Å². The highest BCUT2D eigenvalue weighted by molar-refractivity contribution is 5.30. The maximum absolute atomic E-state index is 8.94. The highest BCUT2D eigenvalue weighted by Crippen LogP contribution is 2.18. The molecule has 0 aliphatic heterocycles. The van der Waals surface area contributed by atoms with E-state index in [0.29, 0.717) is 0 Å². The third-order valence-electron chi connectivity index (χ3n) is 2.68. The van der Waals surface area contributed by atoms with Gasteiger partial charge in [0.15, 0.2) is 0 Å². The fourth-order valence-corrected chi connectivity index (χ4v) is 1.47. The average Bonchev–Trinajstić information content (AvgIpc) is 2.35. The van der Waals surface area contributed by atoms with Crippen LogP contribution in [0.1, 0.15) is 25.5 Å². The van der Waals surface area contributed by atoms with Gasteiger partial charge in [-0.1, -0.05) is 19.1 Å². The molecule has 0 saturated heterocycles. The van der Waals surface area contributed by atoms with Gasteiger partial charge in [0.25, 0.3) is 0 Å². The topological polar surface area (TPSA) is 41.5 Å². The number of nitrogens with one attached hydrogen (secondary N) is 1.